The topological polar surface area (TPSA) is 84.9 Å². The lowest BCUT2D eigenvalue weighted by molar-refractivity contribution is -0.144. The minimum Gasteiger partial charge on any atom is -0.481 e. The van der Waals surface area contributed by atoms with E-state index in [0.29, 0.717) is 17.2 Å². The van der Waals surface area contributed by atoms with E-state index in [9.17, 15) is 9.59 Å². The average molecular weight is 272 g/mol. The van der Waals surface area contributed by atoms with Crippen molar-refractivity contribution in [3.8, 4) is 11.5 Å². The van der Waals surface area contributed by atoms with Crippen LogP contribution in [0, 0.1) is 5.92 Å². The largest absolute Gasteiger partial charge is 0.481 e. The van der Waals surface area contributed by atoms with Crippen molar-refractivity contribution < 1.29 is 24.2 Å². The molecule has 1 aliphatic heterocycles. The zero-order valence-electron chi connectivity index (χ0n) is 9.40. The van der Waals surface area contributed by atoms with E-state index in [1.165, 1.54) is 19.1 Å². The summed E-state index contributed by atoms with van der Waals surface area (Å²) in [6.07, 6.45) is 0. The van der Waals surface area contributed by atoms with Gasteiger partial charge in [0.1, 0.15) is 5.92 Å². The summed E-state index contributed by atoms with van der Waals surface area (Å²) in [7, 11) is 0. The normalized spacial score (nSPS) is 14.1. The Hall–Kier alpha value is -1.95. The van der Waals surface area contributed by atoms with Crippen LogP contribution in [0.25, 0.3) is 0 Å². The fourth-order valence-electron chi connectivity index (χ4n) is 1.37. The number of hydrogen-bond donors (Lipinski definition) is 2. The summed E-state index contributed by atoms with van der Waals surface area (Å²) < 4.78 is 10.2. The third-order valence-corrected chi connectivity index (χ3v) is 2.80. The number of aliphatic carboxylic acids is 1. The number of amides is 1. The first-order chi connectivity index (χ1) is 8.49. The molecule has 1 amide bonds. The first-order valence-electron chi connectivity index (χ1n) is 5.12. The molecule has 1 aromatic rings. The highest BCUT2D eigenvalue weighted by Gasteiger charge is 2.23. The van der Waals surface area contributed by atoms with Crippen molar-refractivity contribution >= 4 is 29.2 Å². The molecule has 2 N–H and O–H groups in total. The van der Waals surface area contributed by atoms with Crippen LogP contribution < -0.4 is 14.8 Å². The number of anilines is 1. The summed E-state index contributed by atoms with van der Waals surface area (Å²) in [4.78, 5) is 22.2. The van der Waals surface area contributed by atoms with Gasteiger partial charge in [-0.25, -0.2) is 0 Å². The van der Waals surface area contributed by atoms with Crippen LogP contribution in [-0.2, 0) is 9.59 Å². The molecule has 0 saturated heterocycles. The second-order valence-corrected chi connectivity index (χ2v) is 4.14. The van der Waals surface area contributed by atoms with Crippen LogP contribution in [0.3, 0.4) is 0 Å². The number of rotatable bonds is 3. The van der Waals surface area contributed by atoms with E-state index in [0.717, 1.165) is 0 Å². The van der Waals surface area contributed by atoms with Gasteiger partial charge in [-0.2, -0.15) is 0 Å². The molecule has 0 bridgehead atoms. The number of carboxylic acids is 1. The van der Waals surface area contributed by atoms with Gasteiger partial charge < -0.3 is 19.9 Å². The molecule has 2 rings (SSSR count). The van der Waals surface area contributed by atoms with Crippen LogP contribution in [0.1, 0.15) is 6.92 Å². The summed E-state index contributed by atoms with van der Waals surface area (Å²) >= 11 is 5.94. The van der Waals surface area contributed by atoms with E-state index in [-0.39, 0.29) is 11.8 Å². The standard InChI is InChI=1S/C11H10ClNO5/c1-5(11(15)16)10(14)13-7-3-9-8(2-6(7)12)17-4-18-9/h2-3,5H,4H2,1H3,(H,13,14)(H,15,16). The molecule has 1 heterocycles. The highest BCUT2D eigenvalue weighted by Crippen LogP contribution is 2.39. The Labute approximate surface area is 107 Å². The zero-order chi connectivity index (χ0) is 13.3. The Morgan fingerprint density at radius 3 is 2.61 bits per heavy atom. The highest BCUT2D eigenvalue weighted by molar-refractivity contribution is 6.34. The number of hydrogen-bond acceptors (Lipinski definition) is 4. The molecule has 0 aliphatic carbocycles. The lowest BCUT2D eigenvalue weighted by atomic mass is 10.1. The molecule has 0 aromatic heterocycles. The summed E-state index contributed by atoms with van der Waals surface area (Å²) in [5.41, 5.74) is 0.291. The molecular weight excluding hydrogens is 262 g/mol. The van der Waals surface area contributed by atoms with Crippen molar-refractivity contribution in [1.29, 1.82) is 0 Å². The second kappa shape index (κ2) is 4.73. The van der Waals surface area contributed by atoms with E-state index in [2.05, 4.69) is 5.32 Å². The molecule has 6 nitrogen and oxygen atoms in total. The molecule has 1 atom stereocenters. The molecule has 0 radical (unpaired) electrons. The van der Waals surface area contributed by atoms with Gasteiger partial charge in [0.25, 0.3) is 0 Å². The maximum absolute atomic E-state index is 11.6. The number of fused-ring (bicyclic) bond motifs is 1. The fourth-order valence-corrected chi connectivity index (χ4v) is 1.57. The smallest absolute Gasteiger partial charge is 0.315 e. The van der Waals surface area contributed by atoms with Gasteiger partial charge in [0, 0.05) is 12.1 Å². The highest BCUT2D eigenvalue weighted by atomic mass is 35.5. The fraction of sp³-hybridized carbons (Fsp3) is 0.273. The Morgan fingerprint density at radius 1 is 1.39 bits per heavy atom. The first-order valence-corrected chi connectivity index (χ1v) is 5.49. The Morgan fingerprint density at radius 2 is 2.00 bits per heavy atom. The average Bonchev–Trinajstić information content (AvgIpc) is 2.75. The van der Waals surface area contributed by atoms with Crippen molar-refractivity contribution in [2.45, 2.75) is 6.92 Å². The van der Waals surface area contributed by atoms with Crippen LogP contribution in [0.2, 0.25) is 5.02 Å². The van der Waals surface area contributed by atoms with Gasteiger partial charge in [0.2, 0.25) is 12.7 Å². The first kappa shape index (κ1) is 12.5. The van der Waals surface area contributed by atoms with Crippen molar-refractivity contribution in [3.05, 3.63) is 17.2 Å². The molecule has 0 fully saturated rings. The van der Waals surface area contributed by atoms with Crippen molar-refractivity contribution in [2.75, 3.05) is 12.1 Å². The predicted molar refractivity (Wildman–Crippen MR) is 63.0 cm³/mol. The van der Waals surface area contributed by atoms with Gasteiger partial charge >= 0.3 is 5.97 Å². The van der Waals surface area contributed by atoms with Gasteiger partial charge in [-0.1, -0.05) is 11.6 Å². The van der Waals surface area contributed by atoms with E-state index in [1.807, 2.05) is 0 Å². The lowest BCUT2D eigenvalue weighted by Crippen LogP contribution is -2.26. The zero-order valence-corrected chi connectivity index (χ0v) is 10.2. The summed E-state index contributed by atoms with van der Waals surface area (Å²) in [6, 6.07) is 3.00. The van der Waals surface area contributed by atoms with Gasteiger partial charge in [-0.05, 0) is 6.92 Å². The minimum atomic E-state index is -1.20. The molecule has 1 aromatic carbocycles. The van der Waals surface area contributed by atoms with Crippen molar-refractivity contribution in [2.24, 2.45) is 5.92 Å². The molecule has 18 heavy (non-hydrogen) atoms. The Kier molecular flexibility index (Phi) is 3.29. The van der Waals surface area contributed by atoms with Gasteiger partial charge in [0.05, 0.1) is 10.7 Å². The number of ether oxygens (including phenoxy) is 2. The molecular formula is C11H10ClNO5. The number of carbonyl (C=O) groups is 2. The molecule has 96 valence electrons. The van der Waals surface area contributed by atoms with E-state index >= 15 is 0 Å². The maximum Gasteiger partial charge on any atom is 0.315 e. The van der Waals surface area contributed by atoms with Gasteiger partial charge in [-0.3, -0.25) is 9.59 Å². The Bertz CT molecular complexity index is 516. The second-order valence-electron chi connectivity index (χ2n) is 3.73. The minimum absolute atomic E-state index is 0.0919. The van der Waals surface area contributed by atoms with Crippen LogP contribution in [0.4, 0.5) is 5.69 Å². The van der Waals surface area contributed by atoms with Crippen LogP contribution >= 0.6 is 11.6 Å². The van der Waals surface area contributed by atoms with Gasteiger partial charge in [-0.15, -0.1) is 0 Å². The SMILES string of the molecule is CC(C(=O)O)C(=O)Nc1cc2c(cc1Cl)OCO2. The number of halogens is 1. The lowest BCUT2D eigenvalue weighted by Gasteiger charge is -2.10. The summed E-state index contributed by atoms with van der Waals surface area (Å²) in [6.45, 7) is 1.38. The number of carbonyl (C=O) groups excluding carboxylic acids is 1. The molecule has 1 unspecified atom stereocenters. The summed E-state index contributed by atoms with van der Waals surface area (Å²) in [5, 5.41) is 11.4. The number of benzene rings is 1. The van der Waals surface area contributed by atoms with Gasteiger partial charge in [0.15, 0.2) is 11.5 Å². The number of nitrogens with one attached hydrogen (secondary N) is 1. The number of carboxylic acid groups (broad SMARTS) is 1. The maximum atomic E-state index is 11.6. The van der Waals surface area contributed by atoms with E-state index < -0.39 is 17.8 Å². The van der Waals surface area contributed by atoms with Crippen molar-refractivity contribution in [1.82, 2.24) is 0 Å². The summed E-state index contributed by atoms with van der Waals surface area (Å²) in [5.74, 6) is -2.07. The van der Waals surface area contributed by atoms with Crippen LogP contribution in [0.5, 0.6) is 11.5 Å². The monoisotopic (exact) mass is 271 g/mol. The molecule has 0 spiro atoms. The molecule has 7 heteroatoms. The van der Waals surface area contributed by atoms with Crippen LogP contribution in [-0.4, -0.2) is 23.8 Å². The van der Waals surface area contributed by atoms with E-state index in [4.69, 9.17) is 26.2 Å². The van der Waals surface area contributed by atoms with Crippen molar-refractivity contribution in [3.63, 3.8) is 0 Å². The predicted octanol–water partition coefficient (Wildman–Crippen LogP) is 1.73. The molecule has 1 aliphatic rings. The Balaban J connectivity index is 2.20. The third-order valence-electron chi connectivity index (χ3n) is 2.48. The quantitative estimate of drug-likeness (QED) is 0.818. The van der Waals surface area contributed by atoms with E-state index in [1.54, 1.807) is 0 Å². The van der Waals surface area contributed by atoms with Crippen LogP contribution in [0.15, 0.2) is 12.1 Å². The molecule has 0 saturated carbocycles. The third kappa shape index (κ3) is 2.33.